The first kappa shape index (κ1) is 16.2. The van der Waals surface area contributed by atoms with Crippen LogP contribution in [0.3, 0.4) is 0 Å². The summed E-state index contributed by atoms with van der Waals surface area (Å²) in [5.41, 5.74) is 0.787. The molecule has 1 amide bonds. The average Bonchev–Trinajstić information content (AvgIpc) is 2.76. The smallest absolute Gasteiger partial charge is 0.303 e. The fraction of sp³-hybridized carbons (Fsp3) is 0.615. The van der Waals surface area contributed by atoms with Gasteiger partial charge in [0.15, 0.2) is 0 Å². The number of likely N-dealkylation sites (N-methyl/N-ethyl adjacent to an activating group) is 1. The first-order valence-corrected chi connectivity index (χ1v) is 6.55. The average molecular weight is 283 g/mol. The fourth-order valence-corrected chi connectivity index (χ4v) is 1.62. The molecule has 0 radical (unpaired) electrons. The lowest BCUT2D eigenvalue weighted by atomic mass is 10.1. The number of amides is 1. The summed E-state index contributed by atoms with van der Waals surface area (Å²) in [6.07, 6.45) is 0.616. The standard InChI is InChI=1S/C13H21N3O4/c1-9(2)10-7-12(20-15-10)14-11(17)8-16(3)6-4-5-13(18)19/h7,9H,4-6,8H2,1-3H3,(H,14,17)(H,18,19). The van der Waals surface area contributed by atoms with Crippen molar-refractivity contribution in [3.63, 3.8) is 0 Å². The largest absolute Gasteiger partial charge is 0.481 e. The van der Waals surface area contributed by atoms with E-state index in [4.69, 9.17) is 9.63 Å². The van der Waals surface area contributed by atoms with Crippen LogP contribution in [0, 0.1) is 0 Å². The molecule has 7 nitrogen and oxygen atoms in total. The number of nitrogens with zero attached hydrogens (tertiary/aromatic N) is 2. The zero-order valence-corrected chi connectivity index (χ0v) is 12.0. The number of rotatable bonds is 8. The van der Waals surface area contributed by atoms with Crippen molar-refractivity contribution >= 4 is 17.8 Å². The molecule has 0 unspecified atom stereocenters. The third-order valence-corrected chi connectivity index (χ3v) is 2.73. The van der Waals surface area contributed by atoms with Gasteiger partial charge in [-0.3, -0.25) is 19.8 Å². The van der Waals surface area contributed by atoms with E-state index in [9.17, 15) is 9.59 Å². The predicted molar refractivity (Wildman–Crippen MR) is 73.6 cm³/mol. The number of carbonyl (C=O) groups excluding carboxylic acids is 1. The van der Waals surface area contributed by atoms with Crippen molar-refractivity contribution in [1.29, 1.82) is 0 Å². The second kappa shape index (κ2) is 7.64. The topological polar surface area (TPSA) is 95.7 Å². The molecule has 0 bridgehead atoms. The molecule has 0 aliphatic carbocycles. The number of aliphatic carboxylic acids is 1. The molecular weight excluding hydrogens is 262 g/mol. The number of hydrogen-bond acceptors (Lipinski definition) is 5. The predicted octanol–water partition coefficient (Wildman–Crippen LogP) is 1.53. The van der Waals surface area contributed by atoms with Crippen molar-refractivity contribution in [2.24, 2.45) is 0 Å². The van der Waals surface area contributed by atoms with E-state index < -0.39 is 5.97 Å². The van der Waals surface area contributed by atoms with E-state index >= 15 is 0 Å². The first-order valence-electron chi connectivity index (χ1n) is 6.55. The Kier molecular flexibility index (Phi) is 6.17. The molecule has 0 saturated heterocycles. The maximum absolute atomic E-state index is 11.7. The second-order valence-electron chi connectivity index (χ2n) is 5.05. The van der Waals surface area contributed by atoms with Gasteiger partial charge in [0.1, 0.15) is 0 Å². The lowest BCUT2D eigenvalue weighted by molar-refractivity contribution is -0.137. The summed E-state index contributed by atoms with van der Waals surface area (Å²) >= 11 is 0. The van der Waals surface area contributed by atoms with Gasteiger partial charge in [-0.2, -0.15) is 0 Å². The minimum Gasteiger partial charge on any atom is -0.481 e. The molecule has 0 atom stereocenters. The summed E-state index contributed by atoms with van der Waals surface area (Å²) in [4.78, 5) is 23.9. The number of carbonyl (C=O) groups is 2. The van der Waals surface area contributed by atoms with Gasteiger partial charge in [-0.1, -0.05) is 19.0 Å². The van der Waals surface area contributed by atoms with Crippen LogP contribution in [0.5, 0.6) is 0 Å². The van der Waals surface area contributed by atoms with Crippen molar-refractivity contribution in [1.82, 2.24) is 10.1 Å². The number of aromatic nitrogens is 1. The Morgan fingerprint density at radius 1 is 1.50 bits per heavy atom. The van der Waals surface area contributed by atoms with Crippen molar-refractivity contribution in [2.75, 3.05) is 25.5 Å². The van der Waals surface area contributed by atoms with Gasteiger partial charge in [-0.05, 0) is 25.9 Å². The molecule has 0 aromatic carbocycles. The van der Waals surface area contributed by atoms with Gasteiger partial charge >= 0.3 is 5.97 Å². The highest BCUT2D eigenvalue weighted by Crippen LogP contribution is 2.17. The minimum atomic E-state index is -0.828. The summed E-state index contributed by atoms with van der Waals surface area (Å²) in [5.74, 6) is -0.472. The molecule has 0 spiro atoms. The lowest BCUT2D eigenvalue weighted by Gasteiger charge is -2.14. The Hall–Kier alpha value is -1.89. The number of carboxylic acids is 1. The van der Waals surface area contributed by atoms with Crippen LogP contribution in [0.2, 0.25) is 0 Å². The van der Waals surface area contributed by atoms with E-state index in [0.717, 1.165) is 5.69 Å². The van der Waals surface area contributed by atoms with E-state index in [1.807, 2.05) is 13.8 Å². The maximum Gasteiger partial charge on any atom is 0.303 e. The van der Waals surface area contributed by atoms with Crippen LogP contribution >= 0.6 is 0 Å². The number of nitrogens with one attached hydrogen (secondary N) is 1. The molecule has 0 fully saturated rings. The molecule has 112 valence electrons. The zero-order valence-electron chi connectivity index (χ0n) is 12.0. The SMILES string of the molecule is CC(C)c1cc(NC(=O)CN(C)CCCC(=O)O)on1. The molecule has 0 saturated carbocycles. The molecule has 1 rings (SSSR count). The highest BCUT2D eigenvalue weighted by molar-refractivity contribution is 5.90. The third-order valence-electron chi connectivity index (χ3n) is 2.73. The highest BCUT2D eigenvalue weighted by Gasteiger charge is 2.12. The lowest BCUT2D eigenvalue weighted by Crippen LogP contribution is -2.31. The number of carboxylic acid groups (broad SMARTS) is 1. The summed E-state index contributed by atoms with van der Waals surface area (Å²) < 4.78 is 5.01. The van der Waals surface area contributed by atoms with Gasteiger partial charge < -0.3 is 9.63 Å². The molecule has 20 heavy (non-hydrogen) atoms. The van der Waals surface area contributed by atoms with Crippen LogP contribution in [0.15, 0.2) is 10.6 Å². The Morgan fingerprint density at radius 2 is 2.20 bits per heavy atom. The fourth-order valence-electron chi connectivity index (χ4n) is 1.62. The van der Waals surface area contributed by atoms with E-state index in [1.165, 1.54) is 0 Å². The minimum absolute atomic E-state index is 0.103. The number of hydrogen-bond donors (Lipinski definition) is 2. The van der Waals surface area contributed by atoms with Crippen LogP contribution in [0.1, 0.15) is 38.3 Å². The molecular formula is C13H21N3O4. The van der Waals surface area contributed by atoms with Gasteiger partial charge in [0.05, 0.1) is 12.2 Å². The van der Waals surface area contributed by atoms with E-state index in [2.05, 4.69) is 10.5 Å². The second-order valence-corrected chi connectivity index (χ2v) is 5.05. The van der Waals surface area contributed by atoms with Crippen molar-refractivity contribution < 1.29 is 19.2 Å². The van der Waals surface area contributed by atoms with Crippen LogP contribution in [-0.2, 0) is 9.59 Å². The third kappa shape index (κ3) is 5.83. The molecule has 2 N–H and O–H groups in total. The van der Waals surface area contributed by atoms with Crippen molar-refractivity contribution in [3.05, 3.63) is 11.8 Å². The van der Waals surface area contributed by atoms with Gasteiger partial charge in [-0.25, -0.2) is 0 Å². The van der Waals surface area contributed by atoms with E-state index in [-0.39, 0.29) is 24.8 Å². The van der Waals surface area contributed by atoms with Crippen molar-refractivity contribution in [2.45, 2.75) is 32.6 Å². The van der Waals surface area contributed by atoms with Crippen molar-refractivity contribution in [3.8, 4) is 0 Å². The quantitative estimate of drug-likeness (QED) is 0.751. The van der Waals surface area contributed by atoms with Gasteiger partial charge in [0, 0.05) is 12.5 Å². The molecule has 1 aromatic rings. The Labute approximate surface area is 117 Å². The Balaban J connectivity index is 2.33. The summed E-state index contributed by atoms with van der Waals surface area (Å²) in [6, 6.07) is 1.70. The van der Waals surface area contributed by atoms with E-state index in [1.54, 1.807) is 18.0 Å². The van der Waals surface area contributed by atoms with Gasteiger partial charge in [0.25, 0.3) is 0 Å². The summed E-state index contributed by atoms with van der Waals surface area (Å²) in [6.45, 7) is 4.70. The van der Waals surface area contributed by atoms with Crippen LogP contribution in [0.4, 0.5) is 5.88 Å². The highest BCUT2D eigenvalue weighted by atomic mass is 16.5. The van der Waals surface area contributed by atoms with Crippen LogP contribution < -0.4 is 5.32 Å². The first-order chi connectivity index (χ1) is 9.38. The zero-order chi connectivity index (χ0) is 15.1. The molecule has 7 heteroatoms. The normalized spacial score (nSPS) is 11.1. The molecule has 0 aliphatic rings. The molecule has 1 aromatic heterocycles. The summed E-state index contributed by atoms with van der Waals surface area (Å²) in [5, 5.41) is 15.0. The van der Waals surface area contributed by atoms with Crippen LogP contribution in [0.25, 0.3) is 0 Å². The van der Waals surface area contributed by atoms with Gasteiger partial charge in [-0.15, -0.1) is 0 Å². The van der Waals surface area contributed by atoms with E-state index in [0.29, 0.717) is 18.8 Å². The number of anilines is 1. The monoisotopic (exact) mass is 283 g/mol. The van der Waals surface area contributed by atoms with Gasteiger partial charge in [0.2, 0.25) is 11.8 Å². The summed E-state index contributed by atoms with van der Waals surface area (Å²) in [7, 11) is 1.77. The molecule has 0 aliphatic heterocycles. The van der Waals surface area contributed by atoms with Crippen LogP contribution in [-0.4, -0.2) is 47.2 Å². The Bertz CT molecular complexity index is 456. The maximum atomic E-state index is 11.7. The Morgan fingerprint density at radius 3 is 2.75 bits per heavy atom. The molecule has 1 heterocycles.